The van der Waals surface area contributed by atoms with Crippen molar-refractivity contribution >= 4 is 28.6 Å². The Hall–Kier alpha value is -3.68. The van der Waals surface area contributed by atoms with Crippen molar-refractivity contribution < 1.29 is 14.3 Å². The minimum Gasteiger partial charge on any atom is -0.494 e. The first kappa shape index (κ1) is 23.5. The van der Waals surface area contributed by atoms with Crippen LogP contribution < -0.4 is 10.1 Å². The number of imidazole rings is 1. The van der Waals surface area contributed by atoms with Crippen molar-refractivity contribution in [3.63, 3.8) is 0 Å². The predicted molar refractivity (Wildman–Crippen MR) is 132 cm³/mol. The molecule has 3 N–H and O–H groups in total. The van der Waals surface area contributed by atoms with Crippen molar-refractivity contribution in [1.29, 1.82) is 5.41 Å². The quantitative estimate of drug-likeness (QED) is 0.466. The maximum Gasteiger partial charge on any atom is 0.224 e. The minimum atomic E-state index is -0.169. The molecule has 2 heterocycles. The lowest BCUT2D eigenvalue weighted by Gasteiger charge is -2.21. The topological polar surface area (TPSA) is 111 Å². The summed E-state index contributed by atoms with van der Waals surface area (Å²) in [4.78, 5) is 34.6. The van der Waals surface area contributed by atoms with E-state index in [1.807, 2.05) is 31.2 Å². The highest BCUT2D eigenvalue weighted by atomic mass is 16.5. The van der Waals surface area contributed by atoms with Crippen LogP contribution in [0.15, 0.2) is 30.6 Å². The number of carbonyl (C=O) groups is 2. The van der Waals surface area contributed by atoms with Gasteiger partial charge in [-0.3, -0.25) is 15.0 Å². The van der Waals surface area contributed by atoms with E-state index in [-0.39, 0.29) is 35.9 Å². The van der Waals surface area contributed by atoms with Gasteiger partial charge < -0.3 is 19.9 Å². The third-order valence-electron chi connectivity index (χ3n) is 6.14. The van der Waals surface area contributed by atoms with Gasteiger partial charge in [0.2, 0.25) is 5.91 Å². The zero-order valence-corrected chi connectivity index (χ0v) is 20.3. The van der Waals surface area contributed by atoms with Gasteiger partial charge in [-0.15, -0.1) is 0 Å². The van der Waals surface area contributed by atoms with Crippen LogP contribution in [-0.2, 0) is 23.2 Å². The van der Waals surface area contributed by atoms with E-state index < -0.39 is 0 Å². The van der Waals surface area contributed by atoms with Crippen molar-refractivity contribution in [1.82, 2.24) is 20.2 Å². The van der Waals surface area contributed by atoms with Crippen molar-refractivity contribution in [3.8, 4) is 5.75 Å². The first-order valence-corrected chi connectivity index (χ1v) is 11.5. The van der Waals surface area contributed by atoms with Gasteiger partial charge in [-0.25, -0.2) is 4.98 Å². The molecule has 2 aromatic carbocycles. The van der Waals surface area contributed by atoms with Gasteiger partial charge in [-0.1, -0.05) is 20.8 Å². The molecule has 3 aromatic rings. The van der Waals surface area contributed by atoms with E-state index in [1.165, 1.54) is 0 Å². The Morgan fingerprint density at radius 2 is 2.00 bits per heavy atom. The molecule has 1 amide bonds. The van der Waals surface area contributed by atoms with Gasteiger partial charge in [-0.05, 0) is 47.7 Å². The monoisotopic (exact) mass is 461 g/mol. The summed E-state index contributed by atoms with van der Waals surface area (Å²) in [6.45, 7) is 9.21. The van der Waals surface area contributed by atoms with Crippen LogP contribution in [0.5, 0.6) is 5.75 Å². The van der Waals surface area contributed by atoms with E-state index in [0.717, 1.165) is 33.3 Å². The molecule has 0 aliphatic carbocycles. The first-order chi connectivity index (χ1) is 16.1. The van der Waals surface area contributed by atoms with Gasteiger partial charge in [0.1, 0.15) is 11.6 Å². The van der Waals surface area contributed by atoms with Crippen molar-refractivity contribution in [3.05, 3.63) is 58.4 Å². The highest BCUT2D eigenvalue weighted by Gasteiger charge is 2.29. The average molecular weight is 462 g/mol. The second-order valence-electron chi connectivity index (χ2n) is 9.60. The molecule has 0 spiro atoms. The normalized spacial score (nSPS) is 13.3. The number of carbonyl (C=O) groups excluding carboxylic acids is 2. The Kier molecular flexibility index (Phi) is 6.17. The maximum atomic E-state index is 13.3. The molecule has 34 heavy (non-hydrogen) atoms. The first-order valence-electron chi connectivity index (χ1n) is 11.5. The van der Waals surface area contributed by atoms with Crippen LogP contribution >= 0.6 is 0 Å². The van der Waals surface area contributed by atoms with Gasteiger partial charge >= 0.3 is 0 Å². The van der Waals surface area contributed by atoms with E-state index in [9.17, 15) is 9.59 Å². The molecule has 4 rings (SSSR count). The number of hydrogen-bond acceptors (Lipinski definition) is 5. The number of nitrogens with one attached hydrogen (secondary N) is 3. The molecular weight excluding hydrogens is 430 g/mol. The van der Waals surface area contributed by atoms with Crippen molar-refractivity contribution in [2.24, 2.45) is 0 Å². The fraction of sp³-hybridized carbons (Fsp3) is 0.385. The van der Waals surface area contributed by atoms with E-state index in [4.69, 9.17) is 10.1 Å². The summed E-state index contributed by atoms with van der Waals surface area (Å²) in [5, 5.41) is 11.3. The molecule has 0 unspecified atom stereocenters. The van der Waals surface area contributed by atoms with Crippen LogP contribution in [0, 0.1) is 5.41 Å². The number of amidine groups is 1. The summed E-state index contributed by atoms with van der Waals surface area (Å²) in [6, 6.07) is 7.50. The summed E-state index contributed by atoms with van der Waals surface area (Å²) in [7, 11) is 1.59. The Labute approximate surface area is 199 Å². The molecule has 0 saturated carbocycles. The van der Waals surface area contributed by atoms with Crippen LogP contribution in [0.4, 0.5) is 0 Å². The van der Waals surface area contributed by atoms with Crippen LogP contribution in [0.25, 0.3) is 11.0 Å². The lowest BCUT2D eigenvalue weighted by Crippen LogP contribution is -2.30. The van der Waals surface area contributed by atoms with E-state index >= 15 is 0 Å². The molecule has 0 saturated heterocycles. The smallest absolute Gasteiger partial charge is 0.224 e. The van der Waals surface area contributed by atoms with Gasteiger partial charge in [0.05, 0.1) is 36.9 Å². The van der Waals surface area contributed by atoms with Crippen molar-refractivity contribution in [2.45, 2.75) is 46.1 Å². The number of fused-ring (bicyclic) bond motifs is 2. The molecule has 1 aliphatic rings. The predicted octanol–water partition coefficient (Wildman–Crippen LogP) is 3.57. The number of hydrogen-bond donors (Lipinski definition) is 3. The summed E-state index contributed by atoms with van der Waals surface area (Å²) in [6.07, 6.45) is 1.82. The standard InChI is InChI=1S/C26H31N5O3/c1-6-34-22-10-17-12-31(25(27)18(17)7-16(22)11-23(33)28-5)13-21(32)15-8-19(26(2,3)4)24-20(9-15)29-14-30-24/h7-10,14,27H,6,11-13H2,1-5H3,(H,28,33)(H,29,30). The fourth-order valence-electron chi connectivity index (χ4n) is 4.34. The summed E-state index contributed by atoms with van der Waals surface area (Å²) in [5.41, 5.74) is 5.52. The zero-order valence-electron chi connectivity index (χ0n) is 20.3. The number of benzene rings is 2. The molecule has 0 atom stereocenters. The van der Waals surface area contributed by atoms with Gasteiger partial charge in [0.15, 0.2) is 5.78 Å². The molecule has 8 heteroatoms. The van der Waals surface area contributed by atoms with E-state index in [0.29, 0.717) is 24.5 Å². The lowest BCUT2D eigenvalue weighted by molar-refractivity contribution is -0.119. The Bertz CT molecular complexity index is 1290. The number of nitrogens with zero attached hydrogens (tertiary/aromatic N) is 2. The SMILES string of the molecule is CCOc1cc2c(cc1CC(=O)NC)C(=N)N(CC(=O)c1cc(C(C)(C)C)c3nc[nH]c3c1)C2. The summed E-state index contributed by atoms with van der Waals surface area (Å²) in [5.74, 6) is 0.741. The Balaban J connectivity index is 1.61. The third-order valence-corrected chi connectivity index (χ3v) is 6.14. The van der Waals surface area contributed by atoms with Crippen molar-refractivity contribution in [2.75, 3.05) is 20.2 Å². The number of ketones is 1. The lowest BCUT2D eigenvalue weighted by atomic mass is 9.84. The highest BCUT2D eigenvalue weighted by Crippen LogP contribution is 2.32. The molecule has 178 valence electrons. The van der Waals surface area contributed by atoms with E-state index in [1.54, 1.807) is 18.3 Å². The number of likely N-dealkylation sites (N-methyl/N-ethyl adjacent to an activating group) is 1. The number of rotatable bonds is 7. The largest absolute Gasteiger partial charge is 0.494 e. The Morgan fingerprint density at radius 3 is 2.68 bits per heavy atom. The third kappa shape index (κ3) is 4.40. The molecule has 8 nitrogen and oxygen atoms in total. The molecule has 0 radical (unpaired) electrons. The van der Waals surface area contributed by atoms with Crippen LogP contribution in [0.3, 0.4) is 0 Å². The second-order valence-corrected chi connectivity index (χ2v) is 9.60. The van der Waals surface area contributed by atoms with Crippen LogP contribution in [-0.4, -0.2) is 52.6 Å². The molecule has 1 aliphatic heterocycles. The number of Topliss-reactive ketones (excluding diaryl/α,β-unsaturated/α-hetero) is 1. The molecule has 0 fully saturated rings. The Morgan fingerprint density at radius 1 is 1.24 bits per heavy atom. The average Bonchev–Trinajstić information content (AvgIpc) is 3.37. The maximum absolute atomic E-state index is 13.3. The van der Waals surface area contributed by atoms with Gasteiger partial charge in [0, 0.05) is 30.3 Å². The molecular formula is C26H31N5O3. The number of ether oxygens (including phenoxy) is 1. The summed E-state index contributed by atoms with van der Waals surface area (Å²) >= 11 is 0. The fourth-order valence-corrected chi connectivity index (χ4v) is 4.34. The number of amides is 1. The molecule has 0 bridgehead atoms. The zero-order chi connectivity index (χ0) is 24.6. The number of aromatic nitrogens is 2. The molecule has 1 aromatic heterocycles. The van der Waals surface area contributed by atoms with E-state index in [2.05, 4.69) is 36.1 Å². The second kappa shape index (κ2) is 8.93. The van der Waals surface area contributed by atoms with Gasteiger partial charge in [0.25, 0.3) is 0 Å². The highest BCUT2D eigenvalue weighted by molar-refractivity contribution is 6.06. The minimum absolute atomic E-state index is 0.0600. The summed E-state index contributed by atoms with van der Waals surface area (Å²) < 4.78 is 5.76. The van der Waals surface area contributed by atoms with Gasteiger partial charge in [-0.2, -0.15) is 0 Å². The number of aromatic amines is 1. The van der Waals surface area contributed by atoms with Crippen LogP contribution in [0.2, 0.25) is 0 Å². The number of H-pyrrole nitrogens is 1. The van der Waals surface area contributed by atoms with Crippen LogP contribution in [0.1, 0.15) is 60.3 Å².